The van der Waals surface area contributed by atoms with E-state index in [4.69, 9.17) is 0 Å². The molecule has 2 N–H and O–H groups in total. The largest absolute Gasteiger partial charge is 0.362 e. The summed E-state index contributed by atoms with van der Waals surface area (Å²) < 4.78 is 13.9. The lowest BCUT2D eigenvalue weighted by molar-refractivity contribution is 0.0817. The average Bonchev–Trinajstić information content (AvgIpc) is 2.57. The number of aryl methyl sites for hydroxylation is 1. The maximum absolute atomic E-state index is 13.9. The molecule has 1 fully saturated rings. The molecule has 0 radical (unpaired) electrons. The van der Waals surface area contributed by atoms with Crippen LogP contribution >= 0.6 is 0 Å². The summed E-state index contributed by atoms with van der Waals surface area (Å²) >= 11 is 0. The minimum absolute atomic E-state index is 0.121. The van der Waals surface area contributed by atoms with Gasteiger partial charge in [0.1, 0.15) is 11.5 Å². The van der Waals surface area contributed by atoms with E-state index in [-0.39, 0.29) is 11.5 Å². The number of halogens is 1. The van der Waals surface area contributed by atoms with E-state index < -0.39 is 11.5 Å². The lowest BCUT2D eigenvalue weighted by atomic mass is 9.92. The Labute approximate surface area is 147 Å². The highest BCUT2D eigenvalue weighted by molar-refractivity contribution is 6.02. The van der Waals surface area contributed by atoms with Gasteiger partial charge in [-0.2, -0.15) is 0 Å². The Morgan fingerprint density at radius 1 is 1.12 bits per heavy atom. The van der Waals surface area contributed by atoms with E-state index >= 15 is 0 Å². The summed E-state index contributed by atoms with van der Waals surface area (Å²) in [5.74, 6) is -0.798. The van der Waals surface area contributed by atoms with Gasteiger partial charge >= 0.3 is 0 Å². The number of hydrogen-bond donors (Lipinski definition) is 2. The third-order valence-corrected chi connectivity index (χ3v) is 5.17. The van der Waals surface area contributed by atoms with Crippen LogP contribution in [0.2, 0.25) is 0 Å². The molecule has 2 aromatic carbocycles. The molecule has 130 valence electrons. The molecule has 1 spiro atoms. The minimum atomic E-state index is -0.478. The van der Waals surface area contributed by atoms with E-state index in [0.717, 1.165) is 32.5 Å². The van der Waals surface area contributed by atoms with Crippen LogP contribution in [-0.2, 0) is 6.54 Å². The molecule has 0 unspecified atom stereocenters. The Kier molecular flexibility index (Phi) is 3.96. The number of fused-ring (bicyclic) bond motifs is 1. The number of anilines is 1. The van der Waals surface area contributed by atoms with E-state index in [1.165, 1.54) is 17.2 Å². The van der Waals surface area contributed by atoms with Crippen LogP contribution < -0.4 is 10.6 Å². The van der Waals surface area contributed by atoms with Gasteiger partial charge < -0.3 is 10.6 Å². The molecule has 0 bridgehead atoms. The van der Waals surface area contributed by atoms with Gasteiger partial charge in [-0.1, -0.05) is 35.9 Å². The highest BCUT2D eigenvalue weighted by Crippen LogP contribution is 2.32. The molecular weight excluding hydrogens is 317 g/mol. The zero-order valence-corrected chi connectivity index (χ0v) is 14.3. The first-order valence-corrected chi connectivity index (χ1v) is 8.72. The number of rotatable bonds is 2. The fourth-order valence-corrected chi connectivity index (χ4v) is 3.84. The van der Waals surface area contributed by atoms with Gasteiger partial charge in [0.15, 0.2) is 0 Å². The first kappa shape index (κ1) is 16.1. The summed E-state index contributed by atoms with van der Waals surface area (Å²) in [6.07, 6.45) is 1.58. The Balaban J connectivity index is 1.46. The number of piperidine rings is 1. The SMILES string of the molecule is Cc1cccc(CN2CCC3(CC2)NC(=O)c2c(F)cccc2N3)c1. The second-order valence-corrected chi connectivity index (χ2v) is 7.09. The molecule has 2 aliphatic heterocycles. The molecule has 0 aromatic heterocycles. The minimum Gasteiger partial charge on any atom is -0.362 e. The van der Waals surface area contributed by atoms with Crippen molar-refractivity contribution >= 4 is 11.6 Å². The van der Waals surface area contributed by atoms with Crippen molar-refractivity contribution in [2.45, 2.75) is 32.0 Å². The highest BCUT2D eigenvalue weighted by atomic mass is 19.1. The predicted octanol–water partition coefficient (Wildman–Crippen LogP) is 3.28. The van der Waals surface area contributed by atoms with Crippen LogP contribution in [0.15, 0.2) is 42.5 Å². The number of hydrogen-bond acceptors (Lipinski definition) is 3. The lowest BCUT2D eigenvalue weighted by Gasteiger charge is -2.46. The second-order valence-electron chi connectivity index (χ2n) is 7.09. The number of carbonyl (C=O) groups is 1. The van der Waals surface area contributed by atoms with Crippen molar-refractivity contribution in [2.75, 3.05) is 18.4 Å². The zero-order valence-electron chi connectivity index (χ0n) is 14.3. The summed E-state index contributed by atoms with van der Waals surface area (Å²) in [5.41, 5.74) is 2.82. The standard InChI is InChI=1S/C20H22FN3O/c1-14-4-2-5-15(12-14)13-24-10-8-20(9-11-24)22-17-7-3-6-16(21)18(17)19(25)23-20/h2-7,12,22H,8-11,13H2,1H3,(H,23,25). The van der Waals surface area contributed by atoms with E-state index in [1.54, 1.807) is 12.1 Å². The molecular formula is C20H22FN3O. The molecule has 1 saturated heterocycles. The first-order chi connectivity index (χ1) is 12.0. The number of likely N-dealkylation sites (tertiary alicyclic amines) is 1. The van der Waals surface area contributed by atoms with Crippen molar-refractivity contribution in [1.29, 1.82) is 0 Å². The zero-order chi connectivity index (χ0) is 17.4. The van der Waals surface area contributed by atoms with Crippen molar-refractivity contribution in [1.82, 2.24) is 10.2 Å². The molecule has 1 amide bonds. The number of benzene rings is 2. The fourth-order valence-electron chi connectivity index (χ4n) is 3.84. The average molecular weight is 339 g/mol. The number of carbonyl (C=O) groups excluding carboxylic acids is 1. The van der Waals surface area contributed by atoms with Gasteiger partial charge in [-0.3, -0.25) is 9.69 Å². The van der Waals surface area contributed by atoms with E-state index in [9.17, 15) is 9.18 Å². The van der Waals surface area contributed by atoms with Gasteiger partial charge in [0.25, 0.3) is 5.91 Å². The molecule has 4 nitrogen and oxygen atoms in total. The number of amides is 1. The number of nitrogens with one attached hydrogen (secondary N) is 2. The smallest absolute Gasteiger partial charge is 0.258 e. The van der Waals surface area contributed by atoms with Gasteiger partial charge in [0, 0.05) is 32.5 Å². The molecule has 4 rings (SSSR count). The van der Waals surface area contributed by atoms with Crippen LogP contribution in [-0.4, -0.2) is 29.6 Å². The van der Waals surface area contributed by atoms with E-state index in [0.29, 0.717) is 5.69 Å². The van der Waals surface area contributed by atoms with Crippen molar-refractivity contribution in [3.63, 3.8) is 0 Å². The molecule has 2 aliphatic rings. The topological polar surface area (TPSA) is 44.4 Å². The Morgan fingerprint density at radius 2 is 1.88 bits per heavy atom. The van der Waals surface area contributed by atoms with E-state index in [1.807, 2.05) is 0 Å². The maximum atomic E-state index is 13.9. The summed E-state index contributed by atoms with van der Waals surface area (Å²) in [4.78, 5) is 14.8. The van der Waals surface area contributed by atoms with Crippen LogP contribution in [0.4, 0.5) is 10.1 Å². The maximum Gasteiger partial charge on any atom is 0.258 e. The molecule has 2 heterocycles. The lowest BCUT2D eigenvalue weighted by Crippen LogP contribution is -2.62. The molecule has 25 heavy (non-hydrogen) atoms. The summed E-state index contributed by atoms with van der Waals surface area (Å²) in [5, 5.41) is 6.38. The molecule has 5 heteroatoms. The number of nitrogens with zero attached hydrogens (tertiary/aromatic N) is 1. The second kappa shape index (κ2) is 6.15. The van der Waals surface area contributed by atoms with Gasteiger partial charge in [-0.25, -0.2) is 4.39 Å². The van der Waals surface area contributed by atoms with Crippen molar-refractivity contribution < 1.29 is 9.18 Å². The van der Waals surface area contributed by atoms with Crippen molar-refractivity contribution in [2.24, 2.45) is 0 Å². The Hall–Kier alpha value is -2.40. The van der Waals surface area contributed by atoms with Crippen molar-refractivity contribution in [3.8, 4) is 0 Å². The molecule has 0 saturated carbocycles. The fraction of sp³-hybridized carbons (Fsp3) is 0.350. The predicted molar refractivity (Wildman–Crippen MR) is 95.9 cm³/mol. The third-order valence-electron chi connectivity index (χ3n) is 5.17. The quantitative estimate of drug-likeness (QED) is 0.882. The van der Waals surface area contributed by atoms with Gasteiger partial charge in [0.2, 0.25) is 0 Å². The van der Waals surface area contributed by atoms with Crippen LogP contribution in [0.25, 0.3) is 0 Å². The Bertz CT molecular complexity index is 812. The van der Waals surface area contributed by atoms with Crippen LogP contribution in [0.1, 0.15) is 34.3 Å². The normalized spacial score (nSPS) is 19.2. The van der Waals surface area contributed by atoms with Crippen LogP contribution in [0.5, 0.6) is 0 Å². The van der Waals surface area contributed by atoms with Crippen molar-refractivity contribution in [3.05, 3.63) is 65.0 Å². The molecule has 2 aromatic rings. The van der Waals surface area contributed by atoms with Gasteiger partial charge in [-0.15, -0.1) is 0 Å². The summed E-state index contributed by atoms with van der Waals surface area (Å²) in [7, 11) is 0. The molecule has 0 atom stereocenters. The summed E-state index contributed by atoms with van der Waals surface area (Å²) in [6, 6.07) is 13.3. The van der Waals surface area contributed by atoms with E-state index in [2.05, 4.69) is 46.7 Å². The van der Waals surface area contributed by atoms with Crippen LogP contribution in [0, 0.1) is 12.7 Å². The van der Waals surface area contributed by atoms with Gasteiger partial charge in [-0.05, 0) is 24.6 Å². The Morgan fingerprint density at radius 3 is 2.64 bits per heavy atom. The third kappa shape index (κ3) is 3.12. The summed E-state index contributed by atoms with van der Waals surface area (Å²) in [6.45, 7) is 4.78. The first-order valence-electron chi connectivity index (χ1n) is 8.72. The molecule has 0 aliphatic carbocycles. The highest BCUT2D eigenvalue weighted by Gasteiger charge is 2.40. The van der Waals surface area contributed by atoms with Crippen LogP contribution in [0.3, 0.4) is 0 Å². The monoisotopic (exact) mass is 339 g/mol. The van der Waals surface area contributed by atoms with Gasteiger partial charge in [0.05, 0.1) is 11.3 Å².